The van der Waals surface area contributed by atoms with E-state index in [1.807, 2.05) is 17.8 Å². The smallest absolute Gasteiger partial charge is 0.0492 e. The minimum atomic E-state index is 0.175. The topological polar surface area (TPSA) is 64.1 Å². The standard InChI is InChI=1S/C9H17N3O/c1-12-9(4-5-11-12)3-2-8(6-10)7-13/h4-5,8,13H,2-3,6-7,10H2,1H3. The molecule has 0 saturated heterocycles. The van der Waals surface area contributed by atoms with Crippen molar-refractivity contribution in [3.05, 3.63) is 18.0 Å². The second kappa shape index (κ2) is 4.99. The summed E-state index contributed by atoms with van der Waals surface area (Å²) in [5.41, 5.74) is 6.67. The Morgan fingerprint density at radius 2 is 2.46 bits per heavy atom. The van der Waals surface area contributed by atoms with Crippen LogP contribution in [0.3, 0.4) is 0 Å². The van der Waals surface area contributed by atoms with Crippen molar-refractivity contribution < 1.29 is 5.11 Å². The Bertz CT molecular complexity index is 243. The van der Waals surface area contributed by atoms with Gasteiger partial charge in [0.25, 0.3) is 0 Å². The van der Waals surface area contributed by atoms with Crippen molar-refractivity contribution in [3.8, 4) is 0 Å². The van der Waals surface area contributed by atoms with Gasteiger partial charge in [-0.3, -0.25) is 4.68 Å². The number of hydrogen-bond acceptors (Lipinski definition) is 3. The highest BCUT2D eigenvalue weighted by Gasteiger charge is 2.06. The molecule has 1 aromatic rings. The lowest BCUT2D eigenvalue weighted by Crippen LogP contribution is -2.19. The first-order valence-electron chi connectivity index (χ1n) is 4.55. The van der Waals surface area contributed by atoms with Crippen molar-refractivity contribution >= 4 is 0 Å². The molecule has 1 unspecified atom stereocenters. The van der Waals surface area contributed by atoms with Crippen molar-refractivity contribution in [2.45, 2.75) is 12.8 Å². The molecule has 4 nitrogen and oxygen atoms in total. The van der Waals surface area contributed by atoms with Gasteiger partial charge in [-0.2, -0.15) is 5.10 Å². The number of aryl methyl sites for hydroxylation is 2. The van der Waals surface area contributed by atoms with Crippen LogP contribution in [-0.2, 0) is 13.5 Å². The van der Waals surface area contributed by atoms with Gasteiger partial charge in [-0.05, 0) is 31.4 Å². The van der Waals surface area contributed by atoms with E-state index in [9.17, 15) is 0 Å². The fraction of sp³-hybridized carbons (Fsp3) is 0.667. The van der Waals surface area contributed by atoms with E-state index in [4.69, 9.17) is 10.8 Å². The van der Waals surface area contributed by atoms with E-state index in [1.165, 1.54) is 5.69 Å². The maximum absolute atomic E-state index is 8.92. The quantitative estimate of drug-likeness (QED) is 0.671. The van der Waals surface area contributed by atoms with Gasteiger partial charge in [-0.1, -0.05) is 0 Å². The molecule has 0 aliphatic rings. The third-order valence-corrected chi connectivity index (χ3v) is 2.32. The molecule has 0 aromatic carbocycles. The van der Waals surface area contributed by atoms with Gasteiger partial charge in [0.2, 0.25) is 0 Å². The van der Waals surface area contributed by atoms with Crippen LogP contribution in [0, 0.1) is 5.92 Å². The van der Waals surface area contributed by atoms with Crippen LogP contribution in [0.5, 0.6) is 0 Å². The number of aliphatic hydroxyl groups is 1. The van der Waals surface area contributed by atoms with Crippen molar-refractivity contribution in [1.82, 2.24) is 9.78 Å². The summed E-state index contributed by atoms with van der Waals surface area (Å²) in [6.45, 7) is 0.725. The molecule has 74 valence electrons. The third kappa shape index (κ3) is 2.82. The van der Waals surface area contributed by atoms with Gasteiger partial charge in [-0.15, -0.1) is 0 Å². The lowest BCUT2D eigenvalue weighted by Gasteiger charge is -2.10. The first kappa shape index (κ1) is 10.2. The Kier molecular flexibility index (Phi) is 3.92. The summed E-state index contributed by atoms with van der Waals surface area (Å²) in [4.78, 5) is 0. The summed E-state index contributed by atoms with van der Waals surface area (Å²) in [5.74, 6) is 0.217. The van der Waals surface area contributed by atoms with Crippen LogP contribution in [0.25, 0.3) is 0 Å². The molecule has 3 N–H and O–H groups in total. The lowest BCUT2D eigenvalue weighted by molar-refractivity contribution is 0.222. The monoisotopic (exact) mass is 183 g/mol. The molecule has 1 rings (SSSR count). The molecule has 0 saturated carbocycles. The van der Waals surface area contributed by atoms with E-state index in [0.29, 0.717) is 6.54 Å². The van der Waals surface area contributed by atoms with E-state index in [-0.39, 0.29) is 12.5 Å². The summed E-state index contributed by atoms with van der Waals surface area (Å²) >= 11 is 0. The Hall–Kier alpha value is -0.870. The fourth-order valence-corrected chi connectivity index (χ4v) is 1.28. The summed E-state index contributed by atoms with van der Waals surface area (Å²) in [6, 6.07) is 1.99. The maximum atomic E-state index is 8.92. The highest BCUT2D eigenvalue weighted by Crippen LogP contribution is 2.07. The maximum Gasteiger partial charge on any atom is 0.0492 e. The number of rotatable bonds is 5. The molecule has 0 radical (unpaired) electrons. The molecule has 4 heteroatoms. The van der Waals surface area contributed by atoms with E-state index < -0.39 is 0 Å². The molecule has 0 spiro atoms. The zero-order valence-electron chi connectivity index (χ0n) is 7.98. The van der Waals surface area contributed by atoms with Gasteiger partial charge in [0.1, 0.15) is 0 Å². The van der Waals surface area contributed by atoms with Gasteiger partial charge in [0.15, 0.2) is 0 Å². The molecule has 0 aliphatic carbocycles. The minimum absolute atomic E-state index is 0.175. The molecule has 1 heterocycles. The van der Waals surface area contributed by atoms with Crippen LogP contribution < -0.4 is 5.73 Å². The second-order valence-corrected chi connectivity index (χ2v) is 3.27. The summed E-state index contributed by atoms with van der Waals surface area (Å²) in [5, 5.41) is 13.0. The van der Waals surface area contributed by atoms with Crippen LogP contribution in [0.2, 0.25) is 0 Å². The molecule has 0 amide bonds. The van der Waals surface area contributed by atoms with Crippen LogP contribution in [0.1, 0.15) is 12.1 Å². The molecule has 0 fully saturated rings. The average molecular weight is 183 g/mol. The van der Waals surface area contributed by atoms with Gasteiger partial charge in [0, 0.05) is 25.5 Å². The molecule has 0 aliphatic heterocycles. The first-order valence-corrected chi connectivity index (χ1v) is 4.55. The number of hydrogen-bond donors (Lipinski definition) is 2. The SMILES string of the molecule is Cn1nccc1CCC(CN)CO. The summed E-state index contributed by atoms with van der Waals surface area (Å²) < 4.78 is 1.85. The summed E-state index contributed by atoms with van der Waals surface area (Å²) in [6.07, 6.45) is 3.64. The normalized spacial score (nSPS) is 13.2. The Balaban J connectivity index is 2.38. The molecule has 13 heavy (non-hydrogen) atoms. The van der Waals surface area contributed by atoms with E-state index in [2.05, 4.69) is 5.10 Å². The highest BCUT2D eigenvalue weighted by molar-refractivity contribution is 4.99. The van der Waals surface area contributed by atoms with Crippen molar-refractivity contribution in [1.29, 1.82) is 0 Å². The predicted molar refractivity (Wildman–Crippen MR) is 51.2 cm³/mol. The van der Waals surface area contributed by atoms with E-state index in [0.717, 1.165) is 12.8 Å². The number of nitrogens with zero attached hydrogens (tertiary/aromatic N) is 2. The molecule has 1 aromatic heterocycles. The lowest BCUT2D eigenvalue weighted by atomic mass is 10.0. The molecular weight excluding hydrogens is 166 g/mol. The van der Waals surface area contributed by atoms with Crippen molar-refractivity contribution in [2.75, 3.05) is 13.2 Å². The van der Waals surface area contributed by atoms with Crippen molar-refractivity contribution in [3.63, 3.8) is 0 Å². The minimum Gasteiger partial charge on any atom is -0.396 e. The number of aromatic nitrogens is 2. The predicted octanol–water partition coefficient (Wildman–Crippen LogP) is -0.0801. The average Bonchev–Trinajstić information content (AvgIpc) is 2.54. The van der Waals surface area contributed by atoms with Crippen LogP contribution in [0.15, 0.2) is 12.3 Å². The van der Waals surface area contributed by atoms with Crippen LogP contribution in [0.4, 0.5) is 0 Å². The zero-order valence-corrected chi connectivity index (χ0v) is 7.98. The largest absolute Gasteiger partial charge is 0.396 e. The van der Waals surface area contributed by atoms with Gasteiger partial charge < -0.3 is 10.8 Å². The van der Waals surface area contributed by atoms with Gasteiger partial charge in [-0.25, -0.2) is 0 Å². The first-order chi connectivity index (χ1) is 6.27. The number of aliphatic hydroxyl groups excluding tert-OH is 1. The zero-order chi connectivity index (χ0) is 9.68. The Labute approximate surface area is 78.4 Å². The molecule has 0 bridgehead atoms. The van der Waals surface area contributed by atoms with Crippen LogP contribution >= 0.6 is 0 Å². The van der Waals surface area contributed by atoms with Gasteiger partial charge >= 0.3 is 0 Å². The van der Waals surface area contributed by atoms with E-state index >= 15 is 0 Å². The molecular formula is C9H17N3O. The second-order valence-electron chi connectivity index (χ2n) is 3.27. The van der Waals surface area contributed by atoms with Crippen LogP contribution in [-0.4, -0.2) is 28.0 Å². The third-order valence-electron chi connectivity index (χ3n) is 2.32. The molecule has 1 atom stereocenters. The van der Waals surface area contributed by atoms with Crippen molar-refractivity contribution in [2.24, 2.45) is 18.7 Å². The van der Waals surface area contributed by atoms with Gasteiger partial charge in [0.05, 0.1) is 0 Å². The Morgan fingerprint density at radius 1 is 1.69 bits per heavy atom. The van der Waals surface area contributed by atoms with E-state index in [1.54, 1.807) is 6.20 Å². The summed E-state index contributed by atoms with van der Waals surface area (Å²) in [7, 11) is 1.92. The fourth-order valence-electron chi connectivity index (χ4n) is 1.28. The number of nitrogens with two attached hydrogens (primary N) is 1. The highest BCUT2D eigenvalue weighted by atomic mass is 16.3. The Morgan fingerprint density at radius 3 is 2.92 bits per heavy atom.